The van der Waals surface area contributed by atoms with Gasteiger partial charge in [0, 0.05) is 41.7 Å². The highest BCUT2D eigenvalue weighted by Crippen LogP contribution is 2.41. The molecule has 0 radical (unpaired) electrons. The molecule has 1 nitrogen and oxygen atoms in total. The number of hydrogen-bond donors (Lipinski definition) is 0. The van der Waals surface area contributed by atoms with Crippen LogP contribution < -0.4 is 4.90 Å². The number of benzene rings is 6. The third-order valence-electron chi connectivity index (χ3n) is 6.90. The lowest BCUT2D eigenvalue weighted by Crippen LogP contribution is -2.09. The molecule has 1 heterocycles. The second-order valence-corrected chi connectivity index (χ2v) is 11.2. The fourth-order valence-electron chi connectivity index (χ4n) is 5.09. The van der Waals surface area contributed by atoms with E-state index in [0.717, 1.165) is 21.5 Å². The Bertz CT molecular complexity index is 1900. The van der Waals surface area contributed by atoms with Crippen molar-refractivity contribution in [2.24, 2.45) is 0 Å². The fraction of sp³-hybridized carbons (Fsp3) is 0. The van der Waals surface area contributed by atoms with Gasteiger partial charge in [-0.15, -0.1) is 11.3 Å². The minimum absolute atomic E-state index is 1.09. The zero-order chi connectivity index (χ0) is 24.8. The summed E-state index contributed by atoms with van der Waals surface area (Å²) in [5.74, 6) is 0. The molecule has 0 unspecified atom stereocenters. The molecule has 37 heavy (non-hydrogen) atoms. The molecule has 0 amide bonds. The van der Waals surface area contributed by atoms with Gasteiger partial charge in [0.05, 0.1) is 0 Å². The highest BCUT2D eigenvalue weighted by Gasteiger charge is 2.15. The molecule has 0 aliphatic rings. The number of fused-ring (bicyclic) bond motifs is 4. The summed E-state index contributed by atoms with van der Waals surface area (Å²) >= 11 is 5.46. The summed E-state index contributed by atoms with van der Waals surface area (Å²) < 4.78 is 3.71. The zero-order valence-corrected chi connectivity index (χ0v) is 22.3. The van der Waals surface area contributed by atoms with Crippen molar-refractivity contribution >= 4 is 75.3 Å². The van der Waals surface area contributed by atoms with E-state index in [-0.39, 0.29) is 0 Å². The van der Waals surface area contributed by atoms with Crippen LogP contribution in [0.15, 0.2) is 138 Å². The van der Waals surface area contributed by atoms with Crippen molar-refractivity contribution < 1.29 is 0 Å². The largest absolute Gasteiger partial charge is 0.310 e. The lowest BCUT2D eigenvalue weighted by Gasteiger charge is -2.26. The van der Waals surface area contributed by atoms with Crippen LogP contribution in [0.2, 0.25) is 0 Å². The molecule has 7 rings (SSSR count). The van der Waals surface area contributed by atoms with Gasteiger partial charge < -0.3 is 4.90 Å². The molecule has 0 aliphatic carbocycles. The van der Waals surface area contributed by atoms with Crippen LogP contribution in [0.3, 0.4) is 0 Å². The van der Waals surface area contributed by atoms with Crippen molar-refractivity contribution in [3.05, 3.63) is 138 Å². The van der Waals surface area contributed by atoms with E-state index in [9.17, 15) is 0 Å². The topological polar surface area (TPSA) is 3.24 Å². The van der Waals surface area contributed by atoms with Gasteiger partial charge in [-0.2, -0.15) is 0 Å². The number of hydrogen-bond acceptors (Lipinski definition) is 2. The van der Waals surface area contributed by atoms with Gasteiger partial charge in [0.25, 0.3) is 0 Å². The van der Waals surface area contributed by atoms with Crippen LogP contribution >= 0.6 is 27.3 Å². The van der Waals surface area contributed by atoms with Gasteiger partial charge in [0.1, 0.15) is 0 Å². The van der Waals surface area contributed by atoms with E-state index in [4.69, 9.17) is 0 Å². The number of nitrogens with zero attached hydrogens (tertiary/aromatic N) is 1. The first kappa shape index (κ1) is 22.3. The summed E-state index contributed by atoms with van der Waals surface area (Å²) in [6, 6.07) is 48.1. The zero-order valence-electron chi connectivity index (χ0n) is 19.9. The number of anilines is 3. The molecule has 0 N–H and O–H groups in total. The maximum atomic E-state index is 3.60. The summed E-state index contributed by atoms with van der Waals surface area (Å²) in [6.45, 7) is 0. The molecule has 1 aromatic heterocycles. The minimum atomic E-state index is 1.09. The molecule has 0 saturated heterocycles. The Morgan fingerprint density at radius 1 is 0.459 bits per heavy atom. The lowest BCUT2D eigenvalue weighted by molar-refractivity contribution is 1.30. The summed E-state index contributed by atoms with van der Waals surface area (Å²) in [5, 5.41) is 5.12. The second-order valence-electron chi connectivity index (χ2n) is 9.20. The van der Waals surface area contributed by atoms with Gasteiger partial charge in [-0.3, -0.25) is 0 Å². The maximum absolute atomic E-state index is 3.60. The first-order valence-corrected chi connectivity index (χ1v) is 13.9. The van der Waals surface area contributed by atoms with Crippen LogP contribution in [0.5, 0.6) is 0 Å². The van der Waals surface area contributed by atoms with E-state index >= 15 is 0 Å². The number of rotatable bonds is 4. The first-order chi connectivity index (χ1) is 18.2. The molecule has 0 aliphatic heterocycles. The Hall–Kier alpha value is -3.92. The van der Waals surface area contributed by atoms with Gasteiger partial charge >= 0.3 is 0 Å². The van der Waals surface area contributed by atoms with Crippen molar-refractivity contribution in [2.45, 2.75) is 0 Å². The van der Waals surface area contributed by atoms with Crippen LogP contribution in [0.25, 0.3) is 42.1 Å². The van der Waals surface area contributed by atoms with E-state index in [0.29, 0.717) is 0 Å². The summed E-state index contributed by atoms with van der Waals surface area (Å²) in [7, 11) is 0. The van der Waals surface area contributed by atoms with Crippen LogP contribution in [0, 0.1) is 0 Å². The monoisotopic (exact) mass is 555 g/mol. The molecule has 6 aromatic carbocycles. The Kier molecular flexibility index (Phi) is 5.53. The molecule has 0 saturated carbocycles. The average Bonchev–Trinajstić information content (AvgIpc) is 3.31. The Balaban J connectivity index is 1.39. The van der Waals surface area contributed by atoms with Crippen molar-refractivity contribution in [1.82, 2.24) is 0 Å². The molecule has 0 bridgehead atoms. The quantitative estimate of drug-likeness (QED) is 0.208. The SMILES string of the molecule is Brc1cccc(-c2ccc(N(c3ccc4ccccc4c3)c3ccc4c(c3)sc3ccccc34)cc2)c1. The minimum Gasteiger partial charge on any atom is -0.310 e. The smallest absolute Gasteiger partial charge is 0.0476 e. The fourth-order valence-corrected chi connectivity index (χ4v) is 6.63. The maximum Gasteiger partial charge on any atom is 0.0476 e. The summed E-state index contributed by atoms with van der Waals surface area (Å²) in [4.78, 5) is 2.36. The van der Waals surface area contributed by atoms with Gasteiger partial charge in [0.15, 0.2) is 0 Å². The summed E-state index contributed by atoms with van der Waals surface area (Å²) in [5.41, 5.74) is 5.83. The van der Waals surface area contributed by atoms with E-state index in [2.05, 4.69) is 154 Å². The van der Waals surface area contributed by atoms with E-state index < -0.39 is 0 Å². The molecule has 3 heteroatoms. The van der Waals surface area contributed by atoms with Gasteiger partial charge in [0.2, 0.25) is 0 Å². The van der Waals surface area contributed by atoms with Crippen molar-refractivity contribution in [3.8, 4) is 11.1 Å². The summed E-state index contributed by atoms with van der Waals surface area (Å²) in [6.07, 6.45) is 0. The molecule has 0 fully saturated rings. The molecular formula is C34H22BrNS. The predicted octanol–water partition coefficient (Wildman–Crippen LogP) is 11.1. The predicted molar refractivity (Wildman–Crippen MR) is 165 cm³/mol. The van der Waals surface area contributed by atoms with E-state index in [1.54, 1.807) is 0 Å². The van der Waals surface area contributed by atoms with Gasteiger partial charge in [-0.05, 0) is 76.5 Å². The van der Waals surface area contributed by atoms with Crippen molar-refractivity contribution in [3.63, 3.8) is 0 Å². The van der Waals surface area contributed by atoms with Crippen LogP contribution in [0.4, 0.5) is 17.1 Å². The number of thiophene rings is 1. The van der Waals surface area contributed by atoms with Crippen LogP contribution in [-0.4, -0.2) is 0 Å². The highest BCUT2D eigenvalue weighted by atomic mass is 79.9. The van der Waals surface area contributed by atoms with Crippen molar-refractivity contribution in [2.75, 3.05) is 4.90 Å². The molecular weight excluding hydrogens is 534 g/mol. The Morgan fingerprint density at radius 3 is 2.03 bits per heavy atom. The van der Waals surface area contributed by atoms with Crippen LogP contribution in [-0.2, 0) is 0 Å². The lowest BCUT2D eigenvalue weighted by atomic mass is 10.0. The molecule has 176 valence electrons. The first-order valence-electron chi connectivity index (χ1n) is 12.3. The van der Waals surface area contributed by atoms with Crippen LogP contribution in [0.1, 0.15) is 0 Å². The molecule has 0 atom stereocenters. The van der Waals surface area contributed by atoms with Gasteiger partial charge in [-0.25, -0.2) is 0 Å². The average molecular weight is 557 g/mol. The molecule has 0 spiro atoms. The standard InChI is InChI=1S/C34H22BrNS/c35-27-9-5-8-25(20-27)24-12-15-28(16-13-24)36(29-17-14-23-6-1-2-7-26(23)21-29)30-18-19-32-31-10-3-4-11-33(31)37-34(32)22-30/h1-22H. The van der Waals surface area contributed by atoms with E-state index in [1.807, 2.05) is 11.3 Å². The second kappa shape index (κ2) is 9.19. The number of halogens is 1. The van der Waals surface area contributed by atoms with Crippen molar-refractivity contribution in [1.29, 1.82) is 0 Å². The Labute approximate surface area is 228 Å². The van der Waals surface area contributed by atoms with E-state index in [1.165, 1.54) is 42.1 Å². The molecule has 7 aromatic rings. The third-order valence-corrected chi connectivity index (χ3v) is 8.52. The Morgan fingerprint density at radius 2 is 1.16 bits per heavy atom. The highest BCUT2D eigenvalue weighted by molar-refractivity contribution is 9.10. The van der Waals surface area contributed by atoms with Gasteiger partial charge in [-0.1, -0.05) is 94.8 Å². The third kappa shape index (κ3) is 4.11. The normalized spacial score (nSPS) is 11.4.